The Hall–Kier alpha value is -2.88. The third kappa shape index (κ3) is 4.60. The van der Waals surface area contributed by atoms with Gasteiger partial charge in [0.1, 0.15) is 31.0 Å². The van der Waals surface area contributed by atoms with Crippen LogP contribution in [-0.4, -0.2) is 57.1 Å². The molecule has 10 heteroatoms. The average molecular weight is 364 g/mol. The number of imidazole rings is 1. The van der Waals surface area contributed by atoms with E-state index in [9.17, 15) is 14.4 Å². The lowest BCUT2D eigenvalue weighted by Crippen LogP contribution is -2.23. The van der Waals surface area contributed by atoms with Crippen molar-refractivity contribution in [1.82, 2.24) is 19.5 Å². The minimum atomic E-state index is -1.16. The Bertz CT molecular complexity index is 803. The van der Waals surface area contributed by atoms with Crippen LogP contribution in [0, 0.1) is 0 Å². The first-order chi connectivity index (χ1) is 12.5. The molecule has 0 radical (unpaired) electrons. The van der Waals surface area contributed by atoms with Gasteiger partial charge in [0, 0.05) is 6.92 Å². The molecule has 0 saturated heterocycles. The number of hydrogen-bond acceptors (Lipinski definition) is 9. The van der Waals surface area contributed by atoms with E-state index in [0.717, 1.165) is 0 Å². The molecule has 2 aromatic heterocycles. The molecule has 1 unspecified atom stereocenters. The van der Waals surface area contributed by atoms with Gasteiger partial charge in [0.2, 0.25) is 0 Å². The zero-order chi connectivity index (χ0) is 19.1. The summed E-state index contributed by atoms with van der Waals surface area (Å²) >= 11 is 0. The highest BCUT2D eigenvalue weighted by atomic mass is 16.6. The highest BCUT2D eigenvalue weighted by molar-refractivity contribution is 6.05. The van der Waals surface area contributed by atoms with Crippen molar-refractivity contribution in [2.45, 2.75) is 33.4 Å². The summed E-state index contributed by atoms with van der Waals surface area (Å²) in [6.45, 7) is 4.88. The van der Waals surface area contributed by atoms with Crippen molar-refractivity contribution >= 4 is 28.9 Å². The van der Waals surface area contributed by atoms with Crippen LogP contribution in [0.2, 0.25) is 0 Å². The maximum atomic E-state index is 12.1. The molecule has 0 bridgehead atoms. The van der Waals surface area contributed by atoms with Crippen molar-refractivity contribution in [2.75, 3.05) is 19.8 Å². The predicted octanol–water partition coefficient (Wildman–Crippen LogP) is 0.599. The van der Waals surface area contributed by atoms with E-state index in [2.05, 4.69) is 15.0 Å². The largest absolute Gasteiger partial charge is 0.465 e. The molecular weight excluding hydrogens is 344 g/mol. The second-order valence-electron chi connectivity index (χ2n) is 5.32. The fourth-order valence-electron chi connectivity index (χ4n) is 2.31. The fourth-order valence-corrected chi connectivity index (χ4v) is 2.31. The van der Waals surface area contributed by atoms with Crippen molar-refractivity contribution in [2.24, 2.45) is 0 Å². The van der Waals surface area contributed by atoms with Gasteiger partial charge in [-0.15, -0.1) is 0 Å². The van der Waals surface area contributed by atoms with Crippen LogP contribution in [-0.2, 0) is 35.3 Å². The second kappa shape index (κ2) is 8.99. The number of nitrogens with zero attached hydrogens (tertiary/aromatic N) is 4. The zero-order valence-electron chi connectivity index (χ0n) is 14.8. The molecular formula is C16H20N4O6. The van der Waals surface area contributed by atoms with Gasteiger partial charge in [-0.3, -0.25) is 19.0 Å². The maximum absolute atomic E-state index is 12.1. The van der Waals surface area contributed by atoms with E-state index < -0.39 is 17.7 Å². The van der Waals surface area contributed by atoms with Gasteiger partial charge >= 0.3 is 11.9 Å². The summed E-state index contributed by atoms with van der Waals surface area (Å²) in [5, 5.41) is 0. The number of rotatable bonds is 9. The molecule has 0 amide bonds. The third-order valence-corrected chi connectivity index (χ3v) is 3.40. The van der Waals surface area contributed by atoms with E-state index in [4.69, 9.17) is 14.2 Å². The predicted molar refractivity (Wildman–Crippen MR) is 88.0 cm³/mol. The lowest BCUT2D eigenvalue weighted by Gasteiger charge is -2.12. The van der Waals surface area contributed by atoms with E-state index >= 15 is 0 Å². The summed E-state index contributed by atoms with van der Waals surface area (Å²) < 4.78 is 16.7. The van der Waals surface area contributed by atoms with Gasteiger partial charge in [-0.25, -0.2) is 15.0 Å². The Kier molecular flexibility index (Phi) is 6.73. The number of ketones is 1. The van der Waals surface area contributed by atoms with Gasteiger partial charge in [0.15, 0.2) is 11.6 Å². The van der Waals surface area contributed by atoms with Crippen molar-refractivity contribution in [1.29, 1.82) is 0 Å². The van der Waals surface area contributed by atoms with Crippen molar-refractivity contribution in [3.05, 3.63) is 18.3 Å². The molecule has 2 rings (SSSR count). The first-order valence-electron chi connectivity index (χ1n) is 7.99. The van der Waals surface area contributed by atoms with Crippen LogP contribution in [0.1, 0.15) is 32.4 Å². The van der Waals surface area contributed by atoms with Crippen molar-refractivity contribution in [3.8, 4) is 0 Å². The number of ether oxygens (including phenoxy) is 3. The topological polar surface area (TPSA) is 122 Å². The van der Waals surface area contributed by atoms with E-state index in [1.54, 1.807) is 11.5 Å². The van der Waals surface area contributed by atoms with Crippen LogP contribution in [0.4, 0.5) is 0 Å². The number of fused-ring (bicyclic) bond motifs is 1. The molecule has 0 aliphatic carbocycles. The summed E-state index contributed by atoms with van der Waals surface area (Å²) in [5.74, 6) is -2.61. The normalized spacial score (nSPS) is 12.0. The summed E-state index contributed by atoms with van der Waals surface area (Å²) in [4.78, 5) is 47.2. The SMILES string of the molecule is CCOC(=O)C(C(C)=O)c1ncnc2c1ncn2COCCOC(C)=O. The third-order valence-electron chi connectivity index (χ3n) is 3.40. The van der Waals surface area contributed by atoms with Crippen molar-refractivity contribution < 1.29 is 28.6 Å². The molecule has 0 aromatic carbocycles. The lowest BCUT2D eigenvalue weighted by molar-refractivity contribution is -0.147. The zero-order valence-corrected chi connectivity index (χ0v) is 14.8. The molecule has 0 fully saturated rings. The van der Waals surface area contributed by atoms with E-state index in [1.807, 2.05) is 0 Å². The van der Waals surface area contributed by atoms with Gasteiger partial charge < -0.3 is 14.2 Å². The Morgan fingerprint density at radius 3 is 2.54 bits per heavy atom. The molecule has 0 saturated carbocycles. The van der Waals surface area contributed by atoms with Crippen LogP contribution in [0.15, 0.2) is 12.7 Å². The molecule has 0 aliphatic rings. The number of aromatic nitrogens is 4. The second-order valence-corrected chi connectivity index (χ2v) is 5.32. The molecule has 140 valence electrons. The molecule has 1 atom stereocenters. The van der Waals surface area contributed by atoms with Crippen LogP contribution in [0.5, 0.6) is 0 Å². The van der Waals surface area contributed by atoms with Gasteiger partial charge in [-0.2, -0.15) is 0 Å². The minimum Gasteiger partial charge on any atom is -0.465 e. The van der Waals surface area contributed by atoms with E-state index in [1.165, 1.54) is 26.5 Å². The highest BCUT2D eigenvalue weighted by Crippen LogP contribution is 2.23. The Morgan fingerprint density at radius 2 is 1.88 bits per heavy atom. The van der Waals surface area contributed by atoms with E-state index in [0.29, 0.717) is 11.2 Å². The summed E-state index contributed by atoms with van der Waals surface area (Å²) in [6, 6.07) is 0. The molecule has 2 heterocycles. The van der Waals surface area contributed by atoms with Crippen LogP contribution in [0.25, 0.3) is 11.2 Å². The molecule has 0 spiro atoms. The van der Waals surface area contributed by atoms with Gasteiger partial charge in [0.05, 0.1) is 25.2 Å². The van der Waals surface area contributed by atoms with Crippen LogP contribution < -0.4 is 0 Å². The molecule has 0 aliphatic heterocycles. The Balaban J connectivity index is 2.20. The van der Waals surface area contributed by atoms with Gasteiger partial charge in [-0.1, -0.05) is 0 Å². The summed E-state index contributed by atoms with van der Waals surface area (Å²) in [7, 11) is 0. The Labute approximate surface area is 149 Å². The first-order valence-corrected chi connectivity index (χ1v) is 7.99. The number of hydrogen-bond donors (Lipinski definition) is 0. The van der Waals surface area contributed by atoms with Crippen molar-refractivity contribution in [3.63, 3.8) is 0 Å². The minimum absolute atomic E-state index is 0.109. The monoisotopic (exact) mass is 364 g/mol. The molecule has 0 N–H and O–H groups in total. The van der Waals surface area contributed by atoms with Gasteiger partial charge in [-0.05, 0) is 13.8 Å². The molecule has 2 aromatic rings. The summed E-state index contributed by atoms with van der Waals surface area (Å²) in [6.07, 6.45) is 2.72. The highest BCUT2D eigenvalue weighted by Gasteiger charge is 2.31. The number of carbonyl (C=O) groups is 3. The number of esters is 2. The lowest BCUT2D eigenvalue weighted by atomic mass is 10.0. The van der Waals surface area contributed by atoms with Crippen LogP contribution >= 0.6 is 0 Å². The number of carbonyl (C=O) groups excluding carboxylic acids is 3. The Morgan fingerprint density at radius 1 is 1.12 bits per heavy atom. The van der Waals surface area contributed by atoms with E-state index in [-0.39, 0.29) is 38.2 Å². The quantitative estimate of drug-likeness (QED) is 0.357. The average Bonchev–Trinajstić information content (AvgIpc) is 2.98. The fraction of sp³-hybridized carbons (Fsp3) is 0.500. The smallest absolute Gasteiger partial charge is 0.322 e. The first kappa shape index (κ1) is 19.4. The van der Waals surface area contributed by atoms with Gasteiger partial charge in [0.25, 0.3) is 0 Å². The van der Waals surface area contributed by atoms with Crippen LogP contribution in [0.3, 0.4) is 0 Å². The molecule has 10 nitrogen and oxygen atoms in total. The number of Topliss-reactive ketones (excluding diaryl/α,β-unsaturated/α-hetero) is 1. The molecule has 26 heavy (non-hydrogen) atoms. The maximum Gasteiger partial charge on any atom is 0.322 e. The summed E-state index contributed by atoms with van der Waals surface area (Å²) in [5.41, 5.74) is 0.932. The standard InChI is InChI=1S/C16H20N4O6/c1-4-25-16(23)12(10(2)21)13-14-15(18-7-17-13)20(8-19-14)9-24-5-6-26-11(3)22/h7-8,12H,4-6,9H2,1-3H3.